The maximum absolute atomic E-state index is 11.7. The zero-order valence-corrected chi connectivity index (χ0v) is 11.8. The predicted molar refractivity (Wildman–Crippen MR) is 76.7 cm³/mol. The minimum Gasteiger partial charge on any atom is -0.315 e. The average Bonchev–Trinajstić information content (AvgIpc) is 2.23. The van der Waals surface area contributed by atoms with E-state index >= 15 is 0 Å². The van der Waals surface area contributed by atoms with Crippen LogP contribution in [0.25, 0.3) is 0 Å². The van der Waals surface area contributed by atoms with E-state index in [4.69, 9.17) is 0 Å². The van der Waals surface area contributed by atoms with Crippen LogP contribution in [0.15, 0.2) is 30.5 Å². The van der Waals surface area contributed by atoms with Gasteiger partial charge in [-0.15, -0.1) is 0 Å². The summed E-state index contributed by atoms with van der Waals surface area (Å²) in [6.07, 6.45) is 3.64. The Morgan fingerprint density at radius 2 is 1.89 bits per heavy atom. The number of urea groups is 1. The fourth-order valence-corrected chi connectivity index (χ4v) is 1.41. The molecule has 0 aromatic heterocycles. The fourth-order valence-electron chi connectivity index (χ4n) is 1.41. The molecule has 0 aliphatic heterocycles. The Kier molecular flexibility index (Phi) is 4.54. The summed E-state index contributed by atoms with van der Waals surface area (Å²) < 4.78 is 0. The number of nitrogens with one attached hydrogen (secondary N) is 2. The van der Waals surface area contributed by atoms with Crippen LogP contribution in [-0.2, 0) is 0 Å². The SMILES string of the molecule is Cc1cccc(NC(=O)N/C=C/C(C)(C)C)c1C. The van der Waals surface area contributed by atoms with E-state index < -0.39 is 0 Å². The average molecular weight is 246 g/mol. The van der Waals surface area contributed by atoms with Gasteiger partial charge in [0, 0.05) is 11.9 Å². The summed E-state index contributed by atoms with van der Waals surface area (Å²) in [6.45, 7) is 10.3. The van der Waals surface area contributed by atoms with E-state index in [2.05, 4.69) is 31.4 Å². The molecule has 0 bridgehead atoms. The highest BCUT2D eigenvalue weighted by Crippen LogP contribution is 2.17. The van der Waals surface area contributed by atoms with Crippen LogP contribution in [0, 0.1) is 19.3 Å². The number of anilines is 1. The number of amides is 2. The molecule has 0 radical (unpaired) electrons. The van der Waals surface area contributed by atoms with Crippen LogP contribution in [-0.4, -0.2) is 6.03 Å². The van der Waals surface area contributed by atoms with E-state index in [-0.39, 0.29) is 11.4 Å². The molecule has 18 heavy (non-hydrogen) atoms. The van der Waals surface area contributed by atoms with Crippen LogP contribution in [0.4, 0.5) is 10.5 Å². The summed E-state index contributed by atoms with van der Waals surface area (Å²) in [5.74, 6) is 0. The monoisotopic (exact) mass is 246 g/mol. The van der Waals surface area contributed by atoms with Gasteiger partial charge < -0.3 is 10.6 Å². The molecule has 0 unspecified atom stereocenters. The Hall–Kier alpha value is -1.77. The second kappa shape index (κ2) is 5.71. The number of aryl methyl sites for hydroxylation is 1. The van der Waals surface area contributed by atoms with Gasteiger partial charge in [-0.1, -0.05) is 39.0 Å². The van der Waals surface area contributed by atoms with Crippen LogP contribution in [0.5, 0.6) is 0 Å². The minimum atomic E-state index is -0.218. The number of hydrogen-bond acceptors (Lipinski definition) is 1. The Morgan fingerprint density at radius 1 is 1.22 bits per heavy atom. The molecule has 1 aromatic carbocycles. The lowest BCUT2D eigenvalue weighted by atomic mass is 9.97. The normalized spacial score (nSPS) is 11.6. The van der Waals surface area contributed by atoms with Gasteiger partial charge in [0.25, 0.3) is 0 Å². The zero-order valence-electron chi connectivity index (χ0n) is 11.8. The van der Waals surface area contributed by atoms with Crippen molar-refractivity contribution in [1.82, 2.24) is 5.32 Å². The van der Waals surface area contributed by atoms with Crippen LogP contribution < -0.4 is 10.6 Å². The standard InChI is InChI=1S/C15H22N2O/c1-11-7-6-8-13(12(11)2)17-14(18)16-10-9-15(3,4)5/h6-10H,1-5H3,(H2,16,17,18)/b10-9+. The molecule has 2 amide bonds. The lowest BCUT2D eigenvalue weighted by molar-refractivity contribution is 0.255. The van der Waals surface area contributed by atoms with Gasteiger partial charge in [0.15, 0.2) is 0 Å². The molecule has 3 nitrogen and oxygen atoms in total. The van der Waals surface area contributed by atoms with E-state index in [0.717, 1.165) is 16.8 Å². The smallest absolute Gasteiger partial charge is 0.315 e. The lowest BCUT2D eigenvalue weighted by Crippen LogP contribution is -2.24. The summed E-state index contributed by atoms with van der Waals surface area (Å²) in [4.78, 5) is 11.7. The van der Waals surface area contributed by atoms with Gasteiger partial charge in [0.1, 0.15) is 0 Å². The lowest BCUT2D eigenvalue weighted by Gasteiger charge is -2.12. The highest BCUT2D eigenvalue weighted by Gasteiger charge is 2.06. The van der Waals surface area contributed by atoms with Crippen LogP contribution in [0.2, 0.25) is 0 Å². The Labute approximate surface area is 109 Å². The first-order valence-corrected chi connectivity index (χ1v) is 6.11. The minimum absolute atomic E-state index is 0.0620. The van der Waals surface area contributed by atoms with Crippen LogP contribution in [0.1, 0.15) is 31.9 Å². The first-order chi connectivity index (χ1) is 8.29. The van der Waals surface area contributed by atoms with Crippen molar-refractivity contribution in [3.05, 3.63) is 41.6 Å². The van der Waals surface area contributed by atoms with Gasteiger partial charge in [-0.3, -0.25) is 0 Å². The predicted octanol–water partition coefficient (Wildman–Crippen LogP) is 3.98. The van der Waals surface area contributed by atoms with Gasteiger partial charge in [-0.05, 0) is 36.5 Å². The number of allylic oxidation sites excluding steroid dienone is 1. The first kappa shape index (κ1) is 14.3. The van der Waals surface area contributed by atoms with E-state index in [9.17, 15) is 4.79 Å². The second-order valence-electron chi connectivity index (χ2n) is 5.55. The molecule has 0 fully saturated rings. The van der Waals surface area contributed by atoms with Gasteiger partial charge in [-0.25, -0.2) is 4.79 Å². The van der Waals surface area contributed by atoms with E-state index in [1.165, 1.54) is 0 Å². The Bertz CT molecular complexity index is 456. The Morgan fingerprint density at radius 3 is 2.50 bits per heavy atom. The van der Waals surface area contributed by atoms with Crippen molar-refractivity contribution in [3.63, 3.8) is 0 Å². The van der Waals surface area contributed by atoms with Crippen molar-refractivity contribution in [1.29, 1.82) is 0 Å². The van der Waals surface area contributed by atoms with Crippen molar-refractivity contribution >= 4 is 11.7 Å². The number of rotatable bonds is 2. The third-order valence-electron chi connectivity index (χ3n) is 2.65. The molecule has 0 heterocycles. The molecule has 98 valence electrons. The van der Waals surface area contributed by atoms with Gasteiger partial charge in [0.2, 0.25) is 0 Å². The molecule has 2 N–H and O–H groups in total. The maximum atomic E-state index is 11.7. The molecule has 3 heteroatoms. The molecule has 0 aliphatic carbocycles. The van der Waals surface area contributed by atoms with Crippen LogP contribution in [0.3, 0.4) is 0 Å². The molecule has 0 saturated carbocycles. The highest BCUT2D eigenvalue weighted by atomic mass is 16.2. The first-order valence-electron chi connectivity index (χ1n) is 6.11. The molecule has 1 aromatic rings. The molecular weight excluding hydrogens is 224 g/mol. The van der Waals surface area contributed by atoms with Gasteiger partial charge in [-0.2, -0.15) is 0 Å². The third-order valence-corrected chi connectivity index (χ3v) is 2.65. The third kappa shape index (κ3) is 4.62. The highest BCUT2D eigenvalue weighted by molar-refractivity contribution is 5.90. The van der Waals surface area contributed by atoms with Crippen molar-refractivity contribution in [2.45, 2.75) is 34.6 Å². The largest absolute Gasteiger partial charge is 0.323 e. The van der Waals surface area contributed by atoms with Crippen molar-refractivity contribution < 1.29 is 4.79 Å². The quantitative estimate of drug-likeness (QED) is 0.814. The molecule has 1 rings (SSSR count). The maximum Gasteiger partial charge on any atom is 0.323 e. The van der Waals surface area contributed by atoms with Crippen molar-refractivity contribution in [2.75, 3.05) is 5.32 Å². The molecule has 0 saturated heterocycles. The second-order valence-corrected chi connectivity index (χ2v) is 5.55. The molecule has 0 aliphatic rings. The van der Waals surface area contributed by atoms with Crippen molar-refractivity contribution in [3.8, 4) is 0 Å². The zero-order chi connectivity index (χ0) is 13.8. The fraction of sp³-hybridized carbons (Fsp3) is 0.400. The topological polar surface area (TPSA) is 41.1 Å². The number of hydrogen-bond donors (Lipinski definition) is 2. The number of benzene rings is 1. The summed E-state index contributed by atoms with van der Waals surface area (Å²) in [5, 5.41) is 5.54. The van der Waals surface area contributed by atoms with Gasteiger partial charge >= 0.3 is 6.03 Å². The van der Waals surface area contributed by atoms with E-state index in [1.54, 1.807) is 6.20 Å². The van der Waals surface area contributed by atoms with E-state index in [0.29, 0.717) is 0 Å². The number of carbonyl (C=O) groups is 1. The van der Waals surface area contributed by atoms with E-state index in [1.807, 2.05) is 38.1 Å². The van der Waals surface area contributed by atoms with Gasteiger partial charge in [0.05, 0.1) is 0 Å². The van der Waals surface area contributed by atoms with Crippen molar-refractivity contribution in [2.24, 2.45) is 5.41 Å². The molecular formula is C15H22N2O. The number of carbonyl (C=O) groups excluding carboxylic acids is 1. The summed E-state index contributed by atoms with van der Waals surface area (Å²) in [6, 6.07) is 5.64. The summed E-state index contributed by atoms with van der Waals surface area (Å²) in [5.41, 5.74) is 3.16. The Balaban J connectivity index is 2.61. The molecule has 0 spiro atoms. The summed E-state index contributed by atoms with van der Waals surface area (Å²) in [7, 11) is 0. The molecule has 0 atom stereocenters. The van der Waals surface area contributed by atoms with Crippen LogP contribution >= 0.6 is 0 Å². The summed E-state index contributed by atoms with van der Waals surface area (Å²) >= 11 is 0.